The van der Waals surface area contributed by atoms with Crippen LogP contribution in [0.4, 0.5) is 10.5 Å². The molecule has 0 heterocycles. The number of amides is 2. The van der Waals surface area contributed by atoms with Crippen LogP contribution in [0.25, 0.3) is 10.8 Å². The quantitative estimate of drug-likeness (QED) is 0.805. The number of hydrogen-bond donors (Lipinski definition) is 3. The van der Waals surface area contributed by atoms with Crippen LogP contribution in [-0.2, 0) is 0 Å². The lowest BCUT2D eigenvalue weighted by Crippen LogP contribution is -2.35. The van der Waals surface area contributed by atoms with Gasteiger partial charge >= 0.3 is 6.03 Å². The summed E-state index contributed by atoms with van der Waals surface area (Å²) in [6.45, 7) is 1.54. The fourth-order valence-corrected chi connectivity index (χ4v) is 3.41. The minimum atomic E-state index is -0.123. The Morgan fingerprint density at radius 3 is 2.48 bits per heavy atom. The molecular weight excluding hydrogens is 286 g/mol. The molecule has 0 spiro atoms. The van der Waals surface area contributed by atoms with E-state index in [-0.39, 0.29) is 6.03 Å². The fourth-order valence-electron chi connectivity index (χ4n) is 3.41. The van der Waals surface area contributed by atoms with Crippen molar-refractivity contribution in [2.24, 2.45) is 17.6 Å². The topological polar surface area (TPSA) is 67.1 Å². The van der Waals surface area contributed by atoms with E-state index >= 15 is 0 Å². The molecule has 1 saturated carbocycles. The molecule has 3 rings (SSSR count). The lowest BCUT2D eigenvalue weighted by Gasteiger charge is -2.27. The van der Waals surface area contributed by atoms with Gasteiger partial charge in [-0.2, -0.15) is 0 Å². The van der Waals surface area contributed by atoms with Crippen LogP contribution in [0.2, 0.25) is 0 Å². The first kappa shape index (κ1) is 15.8. The molecule has 2 aromatic rings. The van der Waals surface area contributed by atoms with E-state index < -0.39 is 0 Å². The van der Waals surface area contributed by atoms with Crippen molar-refractivity contribution in [1.82, 2.24) is 5.32 Å². The van der Waals surface area contributed by atoms with Gasteiger partial charge in [-0.15, -0.1) is 0 Å². The van der Waals surface area contributed by atoms with Crippen molar-refractivity contribution in [3.63, 3.8) is 0 Å². The first-order valence-electron chi connectivity index (χ1n) is 8.49. The van der Waals surface area contributed by atoms with Gasteiger partial charge < -0.3 is 16.4 Å². The van der Waals surface area contributed by atoms with Crippen molar-refractivity contribution in [2.45, 2.75) is 25.7 Å². The smallest absolute Gasteiger partial charge is 0.319 e. The summed E-state index contributed by atoms with van der Waals surface area (Å²) in [5.41, 5.74) is 6.58. The molecule has 4 heteroatoms. The number of fused-ring (bicyclic) bond motifs is 1. The summed E-state index contributed by atoms with van der Waals surface area (Å²) in [6, 6.07) is 13.9. The van der Waals surface area contributed by atoms with Crippen LogP contribution in [0.15, 0.2) is 42.5 Å². The molecule has 1 aliphatic rings. The van der Waals surface area contributed by atoms with Gasteiger partial charge in [0.05, 0.1) is 5.69 Å². The van der Waals surface area contributed by atoms with Crippen molar-refractivity contribution in [3.05, 3.63) is 42.5 Å². The lowest BCUT2D eigenvalue weighted by molar-refractivity contribution is 0.241. The molecule has 0 bridgehead atoms. The molecule has 4 N–H and O–H groups in total. The molecule has 0 radical (unpaired) electrons. The first-order valence-corrected chi connectivity index (χ1v) is 8.49. The van der Waals surface area contributed by atoms with Gasteiger partial charge in [0.1, 0.15) is 0 Å². The Bertz CT molecular complexity index is 657. The van der Waals surface area contributed by atoms with Gasteiger partial charge in [-0.05, 0) is 55.5 Å². The zero-order valence-corrected chi connectivity index (χ0v) is 13.4. The number of hydrogen-bond acceptors (Lipinski definition) is 2. The van der Waals surface area contributed by atoms with Gasteiger partial charge in [-0.25, -0.2) is 4.79 Å². The Balaban J connectivity index is 1.53. The highest BCUT2D eigenvalue weighted by atomic mass is 16.2. The normalized spacial score (nSPS) is 21.1. The van der Waals surface area contributed by atoms with E-state index in [0.717, 1.165) is 42.4 Å². The minimum Gasteiger partial charge on any atom is -0.338 e. The van der Waals surface area contributed by atoms with Crippen molar-refractivity contribution >= 4 is 22.5 Å². The van der Waals surface area contributed by atoms with Crippen LogP contribution in [0.1, 0.15) is 25.7 Å². The molecule has 4 nitrogen and oxygen atoms in total. The van der Waals surface area contributed by atoms with E-state index in [0.29, 0.717) is 11.8 Å². The highest BCUT2D eigenvalue weighted by Gasteiger charge is 2.20. The first-order chi connectivity index (χ1) is 11.3. The van der Waals surface area contributed by atoms with Crippen LogP contribution in [0.3, 0.4) is 0 Å². The number of carbonyl (C=O) groups excluding carboxylic acids is 1. The number of benzene rings is 2. The van der Waals surface area contributed by atoms with Crippen LogP contribution < -0.4 is 16.4 Å². The maximum absolute atomic E-state index is 12.2. The second kappa shape index (κ2) is 7.47. The second-order valence-corrected chi connectivity index (χ2v) is 6.48. The van der Waals surface area contributed by atoms with Crippen molar-refractivity contribution in [1.29, 1.82) is 0 Å². The second-order valence-electron chi connectivity index (χ2n) is 6.48. The SMILES string of the molecule is NC[C@H]1CC[C@H](CNC(=O)Nc2cccc3ccccc23)CC1. The molecule has 1 aliphatic carbocycles. The Kier molecular flexibility index (Phi) is 5.13. The number of urea groups is 1. The average Bonchev–Trinajstić information content (AvgIpc) is 2.61. The zero-order valence-electron chi connectivity index (χ0n) is 13.4. The third-order valence-corrected chi connectivity index (χ3v) is 4.89. The molecule has 2 amide bonds. The van der Waals surface area contributed by atoms with Crippen molar-refractivity contribution < 1.29 is 4.79 Å². The van der Waals surface area contributed by atoms with Gasteiger partial charge in [0.2, 0.25) is 0 Å². The summed E-state index contributed by atoms with van der Waals surface area (Å²) in [6.07, 6.45) is 4.70. The van der Waals surface area contributed by atoms with Gasteiger partial charge in [-0.3, -0.25) is 0 Å². The van der Waals surface area contributed by atoms with Crippen LogP contribution in [-0.4, -0.2) is 19.1 Å². The number of rotatable bonds is 4. The third kappa shape index (κ3) is 4.02. The number of carbonyl (C=O) groups is 1. The Hall–Kier alpha value is -2.07. The standard InChI is InChI=1S/C19H25N3O/c20-12-14-8-10-15(11-9-14)13-21-19(23)22-18-7-3-5-16-4-1-2-6-17(16)18/h1-7,14-15H,8-13,20H2,(H2,21,22,23)/t14-,15-. The highest BCUT2D eigenvalue weighted by molar-refractivity contribution is 6.01. The van der Waals surface area contributed by atoms with Crippen LogP contribution in [0, 0.1) is 11.8 Å². The average molecular weight is 311 g/mol. The monoisotopic (exact) mass is 311 g/mol. The highest BCUT2D eigenvalue weighted by Crippen LogP contribution is 2.27. The molecule has 1 fully saturated rings. The van der Waals surface area contributed by atoms with Gasteiger partial charge in [0.25, 0.3) is 0 Å². The predicted molar refractivity (Wildman–Crippen MR) is 95.5 cm³/mol. The molecule has 2 aromatic carbocycles. The van der Waals surface area contributed by atoms with E-state index in [1.807, 2.05) is 42.5 Å². The minimum absolute atomic E-state index is 0.123. The third-order valence-electron chi connectivity index (χ3n) is 4.89. The Morgan fingerprint density at radius 1 is 1.00 bits per heavy atom. The zero-order chi connectivity index (χ0) is 16.1. The van der Waals surface area contributed by atoms with Crippen LogP contribution in [0.5, 0.6) is 0 Å². The Labute approximate surface area is 137 Å². The van der Waals surface area contributed by atoms with Gasteiger partial charge in [0.15, 0.2) is 0 Å². The summed E-state index contributed by atoms with van der Waals surface area (Å²) in [5, 5.41) is 8.19. The number of nitrogens with two attached hydrogens (primary N) is 1. The molecule has 23 heavy (non-hydrogen) atoms. The maximum atomic E-state index is 12.2. The maximum Gasteiger partial charge on any atom is 0.319 e. The van der Waals surface area contributed by atoms with Crippen molar-refractivity contribution in [2.75, 3.05) is 18.4 Å². The summed E-state index contributed by atoms with van der Waals surface area (Å²) < 4.78 is 0. The molecule has 122 valence electrons. The molecule has 0 aliphatic heterocycles. The predicted octanol–water partition coefficient (Wildman–Crippen LogP) is 3.73. The fraction of sp³-hybridized carbons (Fsp3) is 0.421. The van der Waals surface area contributed by atoms with Gasteiger partial charge in [-0.1, -0.05) is 36.4 Å². The number of anilines is 1. The molecular formula is C19H25N3O. The van der Waals surface area contributed by atoms with E-state index in [1.54, 1.807) is 0 Å². The number of nitrogens with one attached hydrogen (secondary N) is 2. The molecule has 0 unspecified atom stereocenters. The van der Waals surface area contributed by atoms with E-state index in [9.17, 15) is 4.79 Å². The summed E-state index contributed by atoms with van der Waals surface area (Å²) >= 11 is 0. The van der Waals surface area contributed by atoms with E-state index in [4.69, 9.17) is 5.73 Å². The summed E-state index contributed by atoms with van der Waals surface area (Å²) in [7, 11) is 0. The molecule has 0 saturated heterocycles. The molecule has 0 aromatic heterocycles. The summed E-state index contributed by atoms with van der Waals surface area (Å²) in [4.78, 5) is 12.2. The van der Waals surface area contributed by atoms with Gasteiger partial charge in [0, 0.05) is 11.9 Å². The van der Waals surface area contributed by atoms with Crippen LogP contribution >= 0.6 is 0 Å². The Morgan fingerprint density at radius 2 is 1.70 bits per heavy atom. The van der Waals surface area contributed by atoms with E-state index in [1.165, 1.54) is 12.8 Å². The largest absolute Gasteiger partial charge is 0.338 e. The molecule has 0 atom stereocenters. The van der Waals surface area contributed by atoms with Crippen molar-refractivity contribution in [3.8, 4) is 0 Å². The van der Waals surface area contributed by atoms with E-state index in [2.05, 4.69) is 10.6 Å². The lowest BCUT2D eigenvalue weighted by atomic mass is 9.82. The summed E-state index contributed by atoms with van der Waals surface area (Å²) in [5.74, 6) is 1.26.